The largest absolute Gasteiger partial charge is 0.480 e. The fourth-order valence-corrected chi connectivity index (χ4v) is 3.96. The molecule has 0 aromatic rings. The molecule has 5 amide bonds. The molecule has 0 radical (unpaired) electrons. The van der Waals surface area contributed by atoms with Crippen molar-refractivity contribution in [2.75, 3.05) is 6.54 Å². The SMILES string of the molecule is CC[C@H](C)[C@H](NC(=O)[C@H](C)N)C(=O)N[C@@H](CCCCN)C(=O)N[C@H](C(=O)N[C@@H](C)C(=O)N[C@H](C(=O)O)C(C)C)C(C)C. The smallest absolute Gasteiger partial charge is 0.326 e. The molecule has 0 unspecified atom stereocenters. The Morgan fingerprint density at radius 3 is 1.60 bits per heavy atom. The van der Waals surface area contributed by atoms with Crippen molar-refractivity contribution in [1.82, 2.24) is 26.6 Å². The number of nitrogens with two attached hydrogens (primary N) is 2. The summed E-state index contributed by atoms with van der Waals surface area (Å²) < 4.78 is 0. The van der Waals surface area contributed by atoms with Gasteiger partial charge in [-0.3, -0.25) is 24.0 Å². The van der Waals surface area contributed by atoms with Gasteiger partial charge in [-0.15, -0.1) is 0 Å². The van der Waals surface area contributed by atoms with Crippen LogP contribution < -0.4 is 38.1 Å². The molecule has 14 nitrogen and oxygen atoms in total. The van der Waals surface area contributed by atoms with Crippen molar-refractivity contribution in [2.24, 2.45) is 29.2 Å². The van der Waals surface area contributed by atoms with Gasteiger partial charge in [0.2, 0.25) is 29.5 Å². The number of carboxylic acids is 1. The Kier molecular flexibility index (Phi) is 17.6. The number of aliphatic carboxylic acids is 1. The molecule has 0 saturated heterocycles. The summed E-state index contributed by atoms with van der Waals surface area (Å²) in [6.45, 7) is 13.7. The van der Waals surface area contributed by atoms with Crippen LogP contribution in [0.4, 0.5) is 0 Å². The van der Waals surface area contributed by atoms with Gasteiger partial charge in [0.1, 0.15) is 30.2 Å². The van der Waals surface area contributed by atoms with E-state index in [0.29, 0.717) is 25.8 Å². The lowest BCUT2D eigenvalue weighted by atomic mass is 9.96. The van der Waals surface area contributed by atoms with Crippen LogP contribution in [0, 0.1) is 17.8 Å². The number of carbonyl (C=O) groups excluding carboxylic acids is 5. The Hall–Kier alpha value is -3.26. The summed E-state index contributed by atoms with van der Waals surface area (Å²) in [6.07, 6.45) is 1.93. The third-order valence-corrected chi connectivity index (χ3v) is 7.02. The van der Waals surface area contributed by atoms with Crippen LogP contribution in [0.2, 0.25) is 0 Å². The Bertz CT molecular complexity index is 926. The van der Waals surface area contributed by atoms with Crippen LogP contribution in [0.25, 0.3) is 0 Å². The lowest BCUT2D eigenvalue weighted by Gasteiger charge is -2.29. The Balaban J connectivity index is 5.76. The highest BCUT2D eigenvalue weighted by Gasteiger charge is 2.34. The lowest BCUT2D eigenvalue weighted by Crippen LogP contribution is -2.60. The van der Waals surface area contributed by atoms with E-state index in [1.165, 1.54) is 13.8 Å². The van der Waals surface area contributed by atoms with Gasteiger partial charge in [0, 0.05) is 0 Å². The molecule has 0 aromatic heterocycles. The van der Waals surface area contributed by atoms with Gasteiger partial charge in [-0.25, -0.2) is 4.79 Å². The predicted octanol–water partition coefficient (Wildman–Crippen LogP) is -0.651. The van der Waals surface area contributed by atoms with Crippen LogP contribution in [0.1, 0.15) is 81.1 Å². The molecule has 14 heteroatoms. The number of carbonyl (C=O) groups is 6. The summed E-state index contributed by atoms with van der Waals surface area (Å²) in [5.74, 6) is -5.23. The molecule has 0 aliphatic rings. The quantitative estimate of drug-likeness (QED) is 0.0879. The third-order valence-electron chi connectivity index (χ3n) is 7.02. The van der Waals surface area contributed by atoms with Crippen LogP contribution in [-0.2, 0) is 28.8 Å². The van der Waals surface area contributed by atoms with Gasteiger partial charge in [-0.2, -0.15) is 0 Å². The zero-order chi connectivity index (χ0) is 32.7. The van der Waals surface area contributed by atoms with Crippen molar-refractivity contribution >= 4 is 35.5 Å². The number of hydrogen-bond donors (Lipinski definition) is 8. The van der Waals surface area contributed by atoms with E-state index >= 15 is 0 Å². The van der Waals surface area contributed by atoms with Gasteiger partial charge in [-0.1, -0.05) is 48.0 Å². The average Bonchev–Trinajstić information content (AvgIpc) is 2.90. The first-order chi connectivity index (χ1) is 19.5. The maximum atomic E-state index is 13.4. The number of hydrogen-bond acceptors (Lipinski definition) is 8. The van der Waals surface area contributed by atoms with Crippen molar-refractivity contribution < 1.29 is 33.9 Å². The van der Waals surface area contributed by atoms with E-state index in [2.05, 4.69) is 26.6 Å². The molecule has 0 aliphatic carbocycles. The van der Waals surface area contributed by atoms with Crippen LogP contribution >= 0.6 is 0 Å². The van der Waals surface area contributed by atoms with E-state index < -0.39 is 77.7 Å². The molecule has 0 spiro atoms. The van der Waals surface area contributed by atoms with Crippen molar-refractivity contribution in [1.29, 1.82) is 0 Å². The highest BCUT2D eigenvalue weighted by molar-refractivity contribution is 5.96. The minimum atomic E-state index is -1.19. The molecule has 0 heterocycles. The molecule has 0 rings (SSSR count). The molecular formula is C28H53N7O7. The lowest BCUT2D eigenvalue weighted by molar-refractivity contribution is -0.143. The summed E-state index contributed by atoms with van der Waals surface area (Å²) in [6, 6.07) is -6.07. The summed E-state index contributed by atoms with van der Waals surface area (Å²) in [4.78, 5) is 76.1. The number of carboxylic acid groups (broad SMARTS) is 1. The van der Waals surface area contributed by atoms with Gasteiger partial charge in [0.25, 0.3) is 0 Å². The normalized spacial score (nSPS) is 16.3. The average molecular weight is 600 g/mol. The van der Waals surface area contributed by atoms with Crippen LogP contribution in [0.15, 0.2) is 0 Å². The number of unbranched alkanes of at least 4 members (excludes halogenated alkanes) is 1. The molecule has 7 atom stereocenters. The Morgan fingerprint density at radius 1 is 0.643 bits per heavy atom. The van der Waals surface area contributed by atoms with Gasteiger partial charge in [0.05, 0.1) is 6.04 Å². The van der Waals surface area contributed by atoms with Crippen LogP contribution in [0.3, 0.4) is 0 Å². The second kappa shape index (κ2) is 19.0. The highest BCUT2D eigenvalue weighted by atomic mass is 16.4. The number of amides is 5. The second-order valence-electron chi connectivity index (χ2n) is 11.5. The Morgan fingerprint density at radius 2 is 1.14 bits per heavy atom. The van der Waals surface area contributed by atoms with E-state index in [1.54, 1.807) is 34.6 Å². The topological polar surface area (TPSA) is 235 Å². The highest BCUT2D eigenvalue weighted by Crippen LogP contribution is 2.11. The van der Waals surface area contributed by atoms with E-state index in [1.807, 2.05) is 6.92 Å². The molecule has 0 bridgehead atoms. The summed E-state index contributed by atoms with van der Waals surface area (Å²) in [5.41, 5.74) is 11.3. The summed E-state index contributed by atoms with van der Waals surface area (Å²) in [7, 11) is 0. The van der Waals surface area contributed by atoms with Gasteiger partial charge in [-0.05, 0) is 57.4 Å². The van der Waals surface area contributed by atoms with Crippen molar-refractivity contribution in [2.45, 2.75) is 117 Å². The molecule has 242 valence electrons. The predicted molar refractivity (Wildman–Crippen MR) is 159 cm³/mol. The third kappa shape index (κ3) is 13.1. The maximum absolute atomic E-state index is 13.4. The minimum absolute atomic E-state index is 0.236. The standard InChI is InChI=1S/C28H53N7O7/c1-9-16(6)22(35-23(36)17(7)30)27(40)32-19(12-10-11-13-29)25(38)33-20(14(2)3)26(39)31-18(8)24(37)34-21(15(4)5)28(41)42/h14-22H,9-13,29-30H2,1-8H3,(H,31,39)(H,32,40)(H,33,38)(H,34,37)(H,35,36)(H,41,42)/t16-,17-,18-,19-,20-,21-,22-/m0/s1. The van der Waals surface area contributed by atoms with Gasteiger partial charge in [0.15, 0.2) is 0 Å². The second-order valence-corrected chi connectivity index (χ2v) is 11.5. The first kappa shape index (κ1) is 38.7. The van der Waals surface area contributed by atoms with Crippen LogP contribution in [-0.4, -0.2) is 83.4 Å². The van der Waals surface area contributed by atoms with Crippen LogP contribution in [0.5, 0.6) is 0 Å². The molecule has 42 heavy (non-hydrogen) atoms. The van der Waals surface area contributed by atoms with E-state index in [-0.39, 0.29) is 18.3 Å². The molecular weight excluding hydrogens is 546 g/mol. The van der Waals surface area contributed by atoms with Gasteiger partial charge < -0.3 is 43.2 Å². The molecule has 0 saturated carbocycles. The molecule has 0 aliphatic heterocycles. The molecule has 0 aromatic carbocycles. The zero-order valence-corrected chi connectivity index (χ0v) is 26.3. The summed E-state index contributed by atoms with van der Waals surface area (Å²) >= 11 is 0. The molecule has 0 fully saturated rings. The van der Waals surface area contributed by atoms with Gasteiger partial charge >= 0.3 is 5.97 Å². The number of nitrogens with one attached hydrogen (secondary N) is 5. The Labute approximate surface area is 249 Å². The first-order valence-electron chi connectivity index (χ1n) is 14.7. The molecule has 10 N–H and O–H groups in total. The fourth-order valence-electron chi connectivity index (χ4n) is 3.96. The van der Waals surface area contributed by atoms with E-state index in [9.17, 15) is 33.9 Å². The first-order valence-corrected chi connectivity index (χ1v) is 14.7. The van der Waals surface area contributed by atoms with E-state index in [0.717, 1.165) is 0 Å². The van der Waals surface area contributed by atoms with Crippen molar-refractivity contribution in [3.05, 3.63) is 0 Å². The summed E-state index contributed by atoms with van der Waals surface area (Å²) in [5, 5.41) is 22.3. The van der Waals surface area contributed by atoms with Crippen molar-refractivity contribution in [3.63, 3.8) is 0 Å². The zero-order valence-electron chi connectivity index (χ0n) is 26.3. The van der Waals surface area contributed by atoms with E-state index in [4.69, 9.17) is 11.5 Å². The maximum Gasteiger partial charge on any atom is 0.326 e. The minimum Gasteiger partial charge on any atom is -0.480 e. The number of rotatable bonds is 19. The van der Waals surface area contributed by atoms with Crippen molar-refractivity contribution in [3.8, 4) is 0 Å². The monoisotopic (exact) mass is 599 g/mol. The fraction of sp³-hybridized carbons (Fsp3) is 0.786.